The zero-order valence-electron chi connectivity index (χ0n) is 12.4. The zero-order valence-corrected chi connectivity index (χ0v) is 12.4. The molecular weight excluding hydrogens is 275 g/mol. The van der Waals surface area contributed by atoms with E-state index in [9.17, 15) is 9.18 Å². The van der Waals surface area contributed by atoms with Crippen LogP contribution >= 0.6 is 0 Å². The predicted octanol–water partition coefficient (Wildman–Crippen LogP) is 1.80. The molecule has 5 nitrogen and oxygen atoms in total. The minimum Gasteiger partial charge on any atom is -0.382 e. The van der Waals surface area contributed by atoms with Crippen molar-refractivity contribution in [2.75, 3.05) is 45.3 Å². The molecule has 6 heteroatoms. The number of halogens is 1. The third-order valence-electron chi connectivity index (χ3n) is 2.74. The first kappa shape index (κ1) is 17.6. The van der Waals surface area contributed by atoms with Gasteiger partial charge in [-0.1, -0.05) is 0 Å². The van der Waals surface area contributed by atoms with Crippen LogP contribution in [-0.4, -0.2) is 45.9 Å². The van der Waals surface area contributed by atoms with Crippen LogP contribution in [0.3, 0.4) is 0 Å². The van der Waals surface area contributed by atoms with Gasteiger partial charge in [0.2, 0.25) is 5.91 Å². The summed E-state index contributed by atoms with van der Waals surface area (Å²) in [5.41, 5.74) is 0.592. The number of nitrogens with one attached hydrogen (secondary N) is 2. The fourth-order valence-electron chi connectivity index (χ4n) is 1.64. The molecule has 0 heterocycles. The van der Waals surface area contributed by atoms with Gasteiger partial charge in [-0.05, 0) is 43.7 Å². The molecule has 118 valence electrons. The van der Waals surface area contributed by atoms with Crippen LogP contribution in [0, 0.1) is 5.82 Å². The largest absolute Gasteiger partial charge is 0.382 e. The number of hydrogen-bond donors (Lipinski definition) is 2. The summed E-state index contributed by atoms with van der Waals surface area (Å²) in [7, 11) is 1.64. The molecule has 21 heavy (non-hydrogen) atoms. The Bertz CT molecular complexity index is 398. The van der Waals surface area contributed by atoms with Crippen molar-refractivity contribution in [1.29, 1.82) is 0 Å². The average molecular weight is 298 g/mol. The molecule has 0 radical (unpaired) electrons. The lowest BCUT2D eigenvalue weighted by molar-refractivity contribution is -0.115. The average Bonchev–Trinajstić information content (AvgIpc) is 2.48. The monoisotopic (exact) mass is 298 g/mol. The Morgan fingerprint density at radius 2 is 1.90 bits per heavy atom. The Morgan fingerprint density at radius 1 is 1.14 bits per heavy atom. The quantitative estimate of drug-likeness (QED) is 0.612. The standard InChI is InChI=1S/C15H23FN2O3/c1-20-10-11-21-9-3-2-8-17-12-15(19)18-14-6-4-13(16)5-7-14/h4-7,17H,2-3,8-12H2,1H3,(H,18,19). The van der Waals surface area contributed by atoms with Crippen molar-refractivity contribution in [3.63, 3.8) is 0 Å². The van der Waals surface area contributed by atoms with E-state index in [1.54, 1.807) is 7.11 Å². The Kier molecular flexibility index (Phi) is 9.35. The topological polar surface area (TPSA) is 59.6 Å². The van der Waals surface area contributed by atoms with Gasteiger partial charge in [-0.3, -0.25) is 4.79 Å². The first-order chi connectivity index (χ1) is 10.2. The highest BCUT2D eigenvalue weighted by Gasteiger charge is 2.01. The summed E-state index contributed by atoms with van der Waals surface area (Å²) in [6.45, 7) is 2.92. The molecule has 1 amide bonds. The Hall–Kier alpha value is -1.50. The Labute approximate surface area is 124 Å². The van der Waals surface area contributed by atoms with E-state index in [1.165, 1.54) is 24.3 Å². The molecule has 1 aromatic rings. The summed E-state index contributed by atoms with van der Waals surface area (Å²) in [6, 6.07) is 5.69. The van der Waals surface area contributed by atoms with Crippen molar-refractivity contribution >= 4 is 11.6 Å². The molecule has 0 spiro atoms. The number of ether oxygens (including phenoxy) is 2. The van der Waals surface area contributed by atoms with Gasteiger partial charge in [-0.15, -0.1) is 0 Å². The van der Waals surface area contributed by atoms with E-state index in [2.05, 4.69) is 10.6 Å². The smallest absolute Gasteiger partial charge is 0.238 e. The molecule has 0 saturated heterocycles. The van der Waals surface area contributed by atoms with E-state index in [0.717, 1.165) is 19.4 Å². The lowest BCUT2D eigenvalue weighted by Gasteiger charge is -2.07. The molecular formula is C15H23FN2O3. The van der Waals surface area contributed by atoms with Gasteiger partial charge in [0.15, 0.2) is 0 Å². The van der Waals surface area contributed by atoms with E-state index < -0.39 is 0 Å². The number of anilines is 1. The molecule has 0 aliphatic rings. The summed E-state index contributed by atoms with van der Waals surface area (Å²) in [5.74, 6) is -0.461. The summed E-state index contributed by atoms with van der Waals surface area (Å²) < 4.78 is 22.9. The molecule has 1 rings (SSSR count). The van der Waals surface area contributed by atoms with E-state index in [0.29, 0.717) is 25.5 Å². The molecule has 0 aromatic heterocycles. The van der Waals surface area contributed by atoms with Crippen LogP contribution in [-0.2, 0) is 14.3 Å². The first-order valence-electron chi connectivity index (χ1n) is 7.05. The molecule has 0 bridgehead atoms. The van der Waals surface area contributed by atoms with Gasteiger partial charge in [0, 0.05) is 19.4 Å². The minimum atomic E-state index is -0.321. The third kappa shape index (κ3) is 9.12. The van der Waals surface area contributed by atoms with Crippen LogP contribution in [0.1, 0.15) is 12.8 Å². The normalized spacial score (nSPS) is 10.6. The first-order valence-corrected chi connectivity index (χ1v) is 7.05. The maximum atomic E-state index is 12.7. The fraction of sp³-hybridized carbons (Fsp3) is 0.533. The van der Waals surface area contributed by atoms with Gasteiger partial charge >= 0.3 is 0 Å². The van der Waals surface area contributed by atoms with Crippen LogP contribution in [0.15, 0.2) is 24.3 Å². The second-order valence-corrected chi connectivity index (χ2v) is 4.54. The number of amides is 1. The SMILES string of the molecule is COCCOCCCCNCC(=O)Nc1ccc(F)cc1. The molecule has 0 atom stereocenters. The fourth-order valence-corrected chi connectivity index (χ4v) is 1.64. The number of methoxy groups -OCH3 is 1. The van der Waals surface area contributed by atoms with Gasteiger partial charge in [0.1, 0.15) is 5.82 Å². The lowest BCUT2D eigenvalue weighted by atomic mass is 10.3. The van der Waals surface area contributed by atoms with Crippen LogP contribution in [0.25, 0.3) is 0 Å². The van der Waals surface area contributed by atoms with Gasteiger partial charge in [0.05, 0.1) is 19.8 Å². The maximum Gasteiger partial charge on any atom is 0.238 e. The summed E-state index contributed by atoms with van der Waals surface area (Å²) in [5, 5.41) is 5.74. The Morgan fingerprint density at radius 3 is 2.62 bits per heavy atom. The van der Waals surface area contributed by atoms with E-state index >= 15 is 0 Å². The number of unbranched alkanes of at least 4 members (excludes halogenated alkanes) is 1. The second-order valence-electron chi connectivity index (χ2n) is 4.54. The number of carbonyl (C=O) groups excluding carboxylic acids is 1. The van der Waals surface area contributed by atoms with Gasteiger partial charge in [0.25, 0.3) is 0 Å². The van der Waals surface area contributed by atoms with Crippen molar-refractivity contribution in [3.05, 3.63) is 30.1 Å². The van der Waals surface area contributed by atoms with E-state index in [1.807, 2.05) is 0 Å². The van der Waals surface area contributed by atoms with Crippen molar-refractivity contribution < 1.29 is 18.7 Å². The summed E-state index contributed by atoms with van der Waals surface area (Å²) in [6.07, 6.45) is 1.88. The van der Waals surface area contributed by atoms with Gasteiger partial charge in [-0.2, -0.15) is 0 Å². The van der Waals surface area contributed by atoms with E-state index in [4.69, 9.17) is 9.47 Å². The van der Waals surface area contributed by atoms with Crippen LogP contribution in [0.4, 0.5) is 10.1 Å². The van der Waals surface area contributed by atoms with E-state index in [-0.39, 0.29) is 18.3 Å². The molecule has 0 aliphatic heterocycles. The van der Waals surface area contributed by atoms with Crippen LogP contribution in [0.2, 0.25) is 0 Å². The van der Waals surface area contributed by atoms with Crippen molar-refractivity contribution in [1.82, 2.24) is 5.32 Å². The Balaban J connectivity index is 1.97. The number of carbonyl (C=O) groups is 1. The highest BCUT2D eigenvalue weighted by molar-refractivity contribution is 5.92. The van der Waals surface area contributed by atoms with Crippen molar-refractivity contribution in [2.45, 2.75) is 12.8 Å². The summed E-state index contributed by atoms with van der Waals surface area (Å²) in [4.78, 5) is 11.6. The van der Waals surface area contributed by atoms with Gasteiger partial charge in [-0.25, -0.2) is 4.39 Å². The van der Waals surface area contributed by atoms with Crippen LogP contribution < -0.4 is 10.6 Å². The molecule has 0 unspecified atom stereocenters. The molecule has 1 aromatic carbocycles. The van der Waals surface area contributed by atoms with Gasteiger partial charge < -0.3 is 20.1 Å². The van der Waals surface area contributed by atoms with Crippen molar-refractivity contribution in [3.8, 4) is 0 Å². The molecule has 0 saturated carbocycles. The summed E-state index contributed by atoms with van der Waals surface area (Å²) >= 11 is 0. The number of benzene rings is 1. The molecule has 0 aliphatic carbocycles. The number of rotatable bonds is 11. The number of hydrogen-bond acceptors (Lipinski definition) is 4. The highest BCUT2D eigenvalue weighted by Crippen LogP contribution is 2.07. The van der Waals surface area contributed by atoms with Crippen LogP contribution in [0.5, 0.6) is 0 Å². The maximum absolute atomic E-state index is 12.7. The minimum absolute atomic E-state index is 0.141. The molecule has 0 fully saturated rings. The van der Waals surface area contributed by atoms with Crippen molar-refractivity contribution in [2.24, 2.45) is 0 Å². The third-order valence-corrected chi connectivity index (χ3v) is 2.74. The zero-order chi connectivity index (χ0) is 15.3. The predicted molar refractivity (Wildman–Crippen MR) is 79.8 cm³/mol. The lowest BCUT2D eigenvalue weighted by Crippen LogP contribution is -2.28. The second kappa shape index (κ2) is 11.2. The molecule has 2 N–H and O–H groups in total. The highest BCUT2D eigenvalue weighted by atomic mass is 19.1.